The lowest BCUT2D eigenvalue weighted by Crippen LogP contribution is -2.32. The van der Waals surface area contributed by atoms with Gasteiger partial charge in [0.25, 0.3) is 0 Å². The fourth-order valence-corrected chi connectivity index (χ4v) is 2.02. The van der Waals surface area contributed by atoms with Gasteiger partial charge in [-0.1, -0.05) is 12.2 Å². The molecule has 1 amide bonds. The van der Waals surface area contributed by atoms with Crippen molar-refractivity contribution in [1.29, 1.82) is 0 Å². The first-order valence-electron chi connectivity index (χ1n) is 6.12. The van der Waals surface area contributed by atoms with Crippen molar-refractivity contribution in [3.63, 3.8) is 0 Å². The zero-order valence-corrected chi connectivity index (χ0v) is 12.6. The standard InChI is InChI=1S/C13H20N4OS/c1-5-17(4)11(18)7-15-10-6-8(2)16-9(3)12(10)13(14)19/h6H,5,7H2,1-4H3,(H2,14,19)(H,15,16). The molecule has 1 aromatic heterocycles. The van der Waals surface area contributed by atoms with Gasteiger partial charge < -0.3 is 16.0 Å². The number of hydrogen-bond acceptors (Lipinski definition) is 4. The third kappa shape index (κ3) is 3.89. The first-order chi connectivity index (χ1) is 8.86. The first kappa shape index (κ1) is 15.4. The minimum atomic E-state index is 0.0171. The number of thiocarbonyl (C=S) groups is 1. The number of nitrogens with zero attached hydrogens (tertiary/aromatic N) is 2. The third-order valence-corrected chi connectivity index (χ3v) is 3.11. The van der Waals surface area contributed by atoms with Gasteiger partial charge in [-0.25, -0.2) is 0 Å². The van der Waals surface area contributed by atoms with Crippen molar-refractivity contribution in [2.45, 2.75) is 20.8 Å². The molecule has 104 valence electrons. The highest BCUT2D eigenvalue weighted by molar-refractivity contribution is 7.80. The molecule has 0 aromatic carbocycles. The molecule has 0 atom stereocenters. The lowest BCUT2D eigenvalue weighted by Gasteiger charge is -2.17. The number of aromatic nitrogens is 1. The van der Waals surface area contributed by atoms with Crippen LogP contribution in [0.3, 0.4) is 0 Å². The maximum Gasteiger partial charge on any atom is 0.241 e. The van der Waals surface area contributed by atoms with Crippen LogP contribution in [0.4, 0.5) is 5.69 Å². The van der Waals surface area contributed by atoms with Crippen molar-refractivity contribution in [2.24, 2.45) is 5.73 Å². The second-order valence-electron chi connectivity index (χ2n) is 4.40. The van der Waals surface area contributed by atoms with E-state index in [2.05, 4.69) is 10.3 Å². The summed E-state index contributed by atoms with van der Waals surface area (Å²) in [6, 6.07) is 1.85. The van der Waals surface area contributed by atoms with Crippen molar-refractivity contribution >= 4 is 28.8 Å². The van der Waals surface area contributed by atoms with Gasteiger partial charge in [0.15, 0.2) is 0 Å². The highest BCUT2D eigenvalue weighted by Gasteiger charge is 2.13. The number of likely N-dealkylation sites (N-methyl/N-ethyl adjacent to an activating group) is 1. The summed E-state index contributed by atoms with van der Waals surface area (Å²) in [7, 11) is 1.77. The monoisotopic (exact) mass is 280 g/mol. The summed E-state index contributed by atoms with van der Waals surface area (Å²) in [4.78, 5) is 18.0. The van der Waals surface area contributed by atoms with Crippen molar-refractivity contribution in [1.82, 2.24) is 9.88 Å². The molecule has 19 heavy (non-hydrogen) atoms. The van der Waals surface area contributed by atoms with Crippen LogP contribution in [0.2, 0.25) is 0 Å². The summed E-state index contributed by atoms with van der Waals surface area (Å²) in [6.45, 7) is 6.56. The van der Waals surface area contributed by atoms with Crippen LogP contribution in [-0.4, -0.2) is 40.9 Å². The van der Waals surface area contributed by atoms with E-state index in [4.69, 9.17) is 18.0 Å². The van der Waals surface area contributed by atoms with E-state index in [0.29, 0.717) is 12.1 Å². The van der Waals surface area contributed by atoms with E-state index < -0.39 is 0 Å². The molecular formula is C13H20N4OS. The number of carbonyl (C=O) groups excluding carboxylic acids is 1. The zero-order chi connectivity index (χ0) is 14.6. The molecule has 1 rings (SSSR count). The van der Waals surface area contributed by atoms with E-state index >= 15 is 0 Å². The van der Waals surface area contributed by atoms with Crippen LogP contribution < -0.4 is 11.1 Å². The van der Waals surface area contributed by atoms with Crippen molar-refractivity contribution < 1.29 is 4.79 Å². The maximum atomic E-state index is 11.8. The molecule has 6 heteroatoms. The highest BCUT2D eigenvalue weighted by atomic mass is 32.1. The van der Waals surface area contributed by atoms with Crippen LogP contribution in [0.1, 0.15) is 23.9 Å². The highest BCUT2D eigenvalue weighted by Crippen LogP contribution is 2.19. The second kappa shape index (κ2) is 6.47. The molecule has 0 saturated heterocycles. The largest absolute Gasteiger partial charge is 0.389 e. The Morgan fingerprint density at radius 1 is 1.53 bits per heavy atom. The maximum absolute atomic E-state index is 11.8. The summed E-state index contributed by atoms with van der Waals surface area (Å²) in [5.74, 6) is 0.0171. The number of aryl methyl sites for hydroxylation is 2. The SMILES string of the molecule is CCN(C)C(=O)CNc1cc(C)nc(C)c1C(N)=S. The van der Waals surface area contributed by atoms with Gasteiger partial charge in [0.05, 0.1) is 12.1 Å². The number of carbonyl (C=O) groups is 1. The first-order valence-corrected chi connectivity index (χ1v) is 6.53. The fourth-order valence-electron chi connectivity index (χ4n) is 1.76. The number of nitrogens with two attached hydrogens (primary N) is 1. The van der Waals surface area contributed by atoms with E-state index in [1.807, 2.05) is 26.8 Å². The molecule has 0 saturated carbocycles. The normalized spacial score (nSPS) is 10.1. The Hall–Kier alpha value is -1.69. The molecule has 1 heterocycles. The van der Waals surface area contributed by atoms with Crippen LogP contribution in [0.25, 0.3) is 0 Å². The summed E-state index contributed by atoms with van der Waals surface area (Å²) < 4.78 is 0. The van der Waals surface area contributed by atoms with E-state index in [1.54, 1.807) is 11.9 Å². The van der Waals surface area contributed by atoms with E-state index in [-0.39, 0.29) is 17.4 Å². The summed E-state index contributed by atoms with van der Waals surface area (Å²) >= 11 is 5.04. The molecule has 0 fully saturated rings. The fraction of sp³-hybridized carbons (Fsp3) is 0.462. The minimum absolute atomic E-state index is 0.0171. The molecular weight excluding hydrogens is 260 g/mol. The Labute approximate surface area is 119 Å². The van der Waals surface area contributed by atoms with Gasteiger partial charge in [-0.3, -0.25) is 9.78 Å². The molecule has 0 spiro atoms. The van der Waals surface area contributed by atoms with Gasteiger partial charge in [0.1, 0.15) is 4.99 Å². The van der Waals surface area contributed by atoms with Gasteiger partial charge in [0.2, 0.25) is 5.91 Å². The average Bonchev–Trinajstić information content (AvgIpc) is 2.33. The summed E-state index contributed by atoms with van der Waals surface area (Å²) in [5.41, 5.74) is 8.80. The van der Waals surface area contributed by atoms with E-state index in [9.17, 15) is 4.79 Å². The predicted molar refractivity (Wildman–Crippen MR) is 81.4 cm³/mol. The van der Waals surface area contributed by atoms with Gasteiger partial charge in [-0.2, -0.15) is 0 Å². The number of amides is 1. The van der Waals surface area contributed by atoms with Gasteiger partial charge in [-0.15, -0.1) is 0 Å². The van der Waals surface area contributed by atoms with E-state index in [1.165, 1.54) is 0 Å². The quantitative estimate of drug-likeness (QED) is 0.794. The molecule has 0 aliphatic carbocycles. The van der Waals surface area contributed by atoms with Crippen LogP contribution in [0, 0.1) is 13.8 Å². The smallest absolute Gasteiger partial charge is 0.241 e. The number of rotatable bonds is 5. The molecule has 5 nitrogen and oxygen atoms in total. The second-order valence-corrected chi connectivity index (χ2v) is 4.84. The number of nitrogens with one attached hydrogen (secondary N) is 1. The minimum Gasteiger partial charge on any atom is -0.389 e. The van der Waals surface area contributed by atoms with Crippen molar-refractivity contribution in [3.05, 3.63) is 23.0 Å². The molecule has 3 N–H and O–H groups in total. The lowest BCUT2D eigenvalue weighted by atomic mass is 10.1. The van der Waals surface area contributed by atoms with Gasteiger partial charge in [0, 0.05) is 30.7 Å². The van der Waals surface area contributed by atoms with Crippen LogP contribution in [-0.2, 0) is 4.79 Å². The summed E-state index contributed by atoms with van der Waals surface area (Å²) in [5, 5.41) is 3.09. The average molecular weight is 280 g/mol. The number of pyridine rings is 1. The van der Waals surface area contributed by atoms with Crippen LogP contribution >= 0.6 is 12.2 Å². The Kier molecular flexibility index (Phi) is 5.23. The molecule has 0 aliphatic heterocycles. The molecule has 0 aliphatic rings. The van der Waals surface area contributed by atoms with Gasteiger partial charge >= 0.3 is 0 Å². The van der Waals surface area contributed by atoms with Gasteiger partial charge in [-0.05, 0) is 26.8 Å². The predicted octanol–water partition coefficient (Wildman–Crippen LogP) is 1.22. The van der Waals surface area contributed by atoms with Crippen molar-refractivity contribution in [2.75, 3.05) is 25.5 Å². The Morgan fingerprint density at radius 2 is 2.16 bits per heavy atom. The number of hydrogen-bond donors (Lipinski definition) is 2. The summed E-state index contributed by atoms with van der Waals surface area (Å²) in [6.07, 6.45) is 0. The Bertz CT molecular complexity index is 502. The molecule has 0 radical (unpaired) electrons. The molecule has 0 bridgehead atoms. The third-order valence-electron chi connectivity index (χ3n) is 2.90. The van der Waals surface area contributed by atoms with Crippen molar-refractivity contribution in [3.8, 4) is 0 Å². The molecule has 1 aromatic rings. The topological polar surface area (TPSA) is 71.2 Å². The Balaban J connectivity index is 2.94. The molecule has 0 unspecified atom stereocenters. The Morgan fingerprint density at radius 3 is 2.68 bits per heavy atom. The van der Waals surface area contributed by atoms with Crippen LogP contribution in [0.5, 0.6) is 0 Å². The number of anilines is 1. The van der Waals surface area contributed by atoms with Crippen LogP contribution in [0.15, 0.2) is 6.07 Å². The van der Waals surface area contributed by atoms with E-state index in [0.717, 1.165) is 17.1 Å². The lowest BCUT2D eigenvalue weighted by molar-refractivity contribution is -0.127. The zero-order valence-electron chi connectivity index (χ0n) is 11.8.